The molecule has 1 heterocycles. The smallest absolute Gasteiger partial charge is 0.0333 e. The van der Waals surface area contributed by atoms with Crippen molar-refractivity contribution in [3.05, 3.63) is 34.3 Å². The first-order valence-corrected chi connectivity index (χ1v) is 8.65. The number of hydrogen-bond acceptors (Lipinski definition) is 2. The van der Waals surface area contributed by atoms with Crippen LogP contribution in [0.4, 0.5) is 0 Å². The minimum atomic E-state index is 0.313. The van der Waals surface area contributed by atoms with Crippen LogP contribution in [-0.2, 0) is 6.54 Å². The lowest BCUT2D eigenvalue weighted by atomic mass is 9.86. The average Bonchev–Trinajstić information content (AvgIpc) is 2.47. The Balaban J connectivity index is 2.18. The van der Waals surface area contributed by atoms with Crippen molar-refractivity contribution in [2.24, 2.45) is 0 Å². The van der Waals surface area contributed by atoms with Crippen LogP contribution in [-0.4, -0.2) is 29.6 Å². The maximum Gasteiger partial charge on any atom is 0.0333 e. The summed E-state index contributed by atoms with van der Waals surface area (Å²) < 4.78 is 1.18. The van der Waals surface area contributed by atoms with Crippen molar-refractivity contribution in [2.75, 3.05) is 13.1 Å². The monoisotopic (exact) mass is 338 g/mol. The van der Waals surface area contributed by atoms with Crippen LogP contribution in [0.15, 0.2) is 28.7 Å². The number of nitrogens with zero attached hydrogens (tertiary/aromatic N) is 1. The highest BCUT2D eigenvalue weighted by molar-refractivity contribution is 9.10. The summed E-state index contributed by atoms with van der Waals surface area (Å²) in [6.07, 6.45) is 3.63. The summed E-state index contributed by atoms with van der Waals surface area (Å²) in [7, 11) is 0. The van der Waals surface area contributed by atoms with Gasteiger partial charge in [0.05, 0.1) is 0 Å². The molecule has 20 heavy (non-hydrogen) atoms. The fourth-order valence-corrected chi connectivity index (χ4v) is 3.73. The van der Waals surface area contributed by atoms with E-state index < -0.39 is 0 Å². The van der Waals surface area contributed by atoms with Crippen LogP contribution >= 0.6 is 15.9 Å². The molecule has 2 rings (SSSR count). The number of benzene rings is 1. The second kappa shape index (κ2) is 7.06. The van der Waals surface area contributed by atoms with Crippen molar-refractivity contribution >= 4 is 15.9 Å². The van der Waals surface area contributed by atoms with E-state index in [1.165, 1.54) is 29.3 Å². The number of rotatable bonds is 5. The Morgan fingerprint density at radius 3 is 2.65 bits per heavy atom. The van der Waals surface area contributed by atoms with Crippen LogP contribution in [0.1, 0.15) is 45.6 Å². The summed E-state index contributed by atoms with van der Waals surface area (Å²) in [5.41, 5.74) is 1.72. The molecule has 0 aliphatic carbocycles. The minimum absolute atomic E-state index is 0.313. The molecule has 0 aromatic heterocycles. The molecule has 1 atom stereocenters. The molecule has 1 aromatic rings. The van der Waals surface area contributed by atoms with Gasteiger partial charge in [-0.2, -0.15) is 0 Å². The fourth-order valence-electron chi connectivity index (χ4n) is 3.28. The van der Waals surface area contributed by atoms with Gasteiger partial charge in [0, 0.05) is 35.7 Å². The van der Waals surface area contributed by atoms with Crippen molar-refractivity contribution in [3.8, 4) is 0 Å². The highest BCUT2D eigenvalue weighted by atomic mass is 79.9. The summed E-state index contributed by atoms with van der Waals surface area (Å²) in [6.45, 7) is 10.3. The molecule has 0 radical (unpaired) electrons. The van der Waals surface area contributed by atoms with Gasteiger partial charge in [0.1, 0.15) is 0 Å². The number of piperazine rings is 1. The molecule has 0 spiro atoms. The number of halogens is 1. The lowest BCUT2D eigenvalue weighted by Crippen LogP contribution is -2.63. The quantitative estimate of drug-likeness (QED) is 0.865. The minimum Gasteiger partial charge on any atom is -0.311 e. The van der Waals surface area contributed by atoms with Gasteiger partial charge in [-0.25, -0.2) is 0 Å². The molecule has 1 saturated heterocycles. The standard InChI is InChI=1S/C17H27BrN2/c1-4-16-12-20(17(5-2,6-3)13-19-16)11-14-8-7-9-15(18)10-14/h7-10,16,19H,4-6,11-13H2,1-3H3. The Bertz CT molecular complexity index is 429. The molecule has 1 aliphatic heterocycles. The summed E-state index contributed by atoms with van der Waals surface area (Å²) in [6, 6.07) is 9.36. The zero-order chi connectivity index (χ0) is 14.6. The zero-order valence-electron chi connectivity index (χ0n) is 13.0. The van der Waals surface area contributed by atoms with Crippen LogP contribution in [0.25, 0.3) is 0 Å². The van der Waals surface area contributed by atoms with Gasteiger partial charge in [0.25, 0.3) is 0 Å². The van der Waals surface area contributed by atoms with E-state index in [0.29, 0.717) is 11.6 Å². The maximum atomic E-state index is 3.74. The average molecular weight is 339 g/mol. The predicted molar refractivity (Wildman–Crippen MR) is 89.9 cm³/mol. The van der Waals surface area contributed by atoms with Gasteiger partial charge in [-0.05, 0) is 37.0 Å². The van der Waals surface area contributed by atoms with E-state index in [4.69, 9.17) is 0 Å². The molecule has 1 aliphatic rings. The van der Waals surface area contributed by atoms with Gasteiger partial charge in [-0.1, -0.05) is 48.8 Å². The van der Waals surface area contributed by atoms with Crippen LogP contribution in [0.3, 0.4) is 0 Å². The summed E-state index contributed by atoms with van der Waals surface area (Å²) in [4.78, 5) is 2.71. The van der Waals surface area contributed by atoms with E-state index in [9.17, 15) is 0 Å². The molecular formula is C17H27BrN2. The van der Waals surface area contributed by atoms with Crippen LogP contribution < -0.4 is 5.32 Å². The first-order chi connectivity index (χ1) is 9.63. The maximum absolute atomic E-state index is 3.74. The molecule has 1 fully saturated rings. The zero-order valence-corrected chi connectivity index (χ0v) is 14.5. The normalized spacial score (nSPS) is 22.9. The van der Waals surface area contributed by atoms with E-state index in [1.54, 1.807) is 0 Å². The molecule has 2 nitrogen and oxygen atoms in total. The Morgan fingerprint density at radius 2 is 2.05 bits per heavy atom. The molecule has 0 bridgehead atoms. The summed E-state index contributed by atoms with van der Waals surface area (Å²) in [5, 5.41) is 3.74. The second-order valence-electron chi connectivity index (χ2n) is 5.93. The number of nitrogens with one attached hydrogen (secondary N) is 1. The molecule has 1 N–H and O–H groups in total. The van der Waals surface area contributed by atoms with Gasteiger partial charge in [0.15, 0.2) is 0 Å². The van der Waals surface area contributed by atoms with Crippen LogP contribution in [0.5, 0.6) is 0 Å². The lowest BCUT2D eigenvalue weighted by molar-refractivity contribution is 0.0238. The van der Waals surface area contributed by atoms with E-state index in [1.807, 2.05) is 0 Å². The molecule has 112 valence electrons. The molecule has 1 unspecified atom stereocenters. The van der Waals surface area contributed by atoms with Gasteiger partial charge in [0.2, 0.25) is 0 Å². The topological polar surface area (TPSA) is 15.3 Å². The highest BCUT2D eigenvalue weighted by Gasteiger charge is 2.38. The number of hydrogen-bond donors (Lipinski definition) is 1. The lowest BCUT2D eigenvalue weighted by Gasteiger charge is -2.49. The van der Waals surface area contributed by atoms with Gasteiger partial charge >= 0.3 is 0 Å². The van der Waals surface area contributed by atoms with Crippen molar-refractivity contribution < 1.29 is 0 Å². The molecule has 1 aromatic carbocycles. The van der Waals surface area contributed by atoms with E-state index in [2.05, 4.69) is 71.2 Å². The Morgan fingerprint density at radius 1 is 1.30 bits per heavy atom. The second-order valence-corrected chi connectivity index (χ2v) is 6.84. The molecule has 0 saturated carbocycles. The third-order valence-electron chi connectivity index (χ3n) is 4.90. The predicted octanol–water partition coefficient (Wildman–Crippen LogP) is 4.19. The highest BCUT2D eigenvalue weighted by Crippen LogP contribution is 2.29. The van der Waals surface area contributed by atoms with E-state index >= 15 is 0 Å². The van der Waals surface area contributed by atoms with Gasteiger partial charge in [-0.3, -0.25) is 4.90 Å². The first kappa shape index (κ1) is 16.0. The molecular weight excluding hydrogens is 312 g/mol. The molecule has 0 amide bonds. The largest absolute Gasteiger partial charge is 0.311 e. The van der Waals surface area contributed by atoms with Crippen molar-refractivity contribution in [1.29, 1.82) is 0 Å². The Hall–Kier alpha value is -0.380. The SMILES string of the molecule is CCC1CN(Cc2cccc(Br)c2)C(CC)(CC)CN1. The van der Waals surface area contributed by atoms with Crippen molar-refractivity contribution in [3.63, 3.8) is 0 Å². The van der Waals surface area contributed by atoms with Crippen LogP contribution in [0.2, 0.25) is 0 Å². The fraction of sp³-hybridized carbons (Fsp3) is 0.647. The van der Waals surface area contributed by atoms with Gasteiger partial charge < -0.3 is 5.32 Å². The summed E-state index contributed by atoms with van der Waals surface area (Å²) in [5.74, 6) is 0. The van der Waals surface area contributed by atoms with Gasteiger partial charge in [-0.15, -0.1) is 0 Å². The molecule has 3 heteroatoms. The summed E-state index contributed by atoms with van der Waals surface area (Å²) >= 11 is 3.58. The van der Waals surface area contributed by atoms with E-state index in [0.717, 1.165) is 19.6 Å². The van der Waals surface area contributed by atoms with Crippen LogP contribution in [0, 0.1) is 0 Å². The third-order valence-corrected chi connectivity index (χ3v) is 5.40. The first-order valence-electron chi connectivity index (χ1n) is 7.86. The van der Waals surface area contributed by atoms with E-state index in [-0.39, 0.29) is 0 Å². The Labute approximate surface area is 132 Å². The van der Waals surface area contributed by atoms with Crippen molar-refractivity contribution in [2.45, 2.75) is 58.2 Å². The van der Waals surface area contributed by atoms with Crippen molar-refractivity contribution in [1.82, 2.24) is 10.2 Å². The third kappa shape index (κ3) is 3.44. The Kier molecular flexibility index (Phi) is 5.65.